The minimum atomic E-state index is -1.79. The van der Waals surface area contributed by atoms with E-state index in [0.29, 0.717) is 6.42 Å². The maximum atomic E-state index is 13.2. The first-order valence-corrected chi connectivity index (χ1v) is 26.1. The van der Waals surface area contributed by atoms with Crippen LogP contribution in [0.4, 0.5) is 0 Å². The van der Waals surface area contributed by atoms with Crippen LogP contribution in [0.15, 0.2) is 24.3 Å². The van der Waals surface area contributed by atoms with E-state index in [2.05, 4.69) is 31.3 Å². The van der Waals surface area contributed by atoms with Crippen molar-refractivity contribution in [1.82, 2.24) is 5.32 Å². The molecular formula is C51H95NO13. The number of hydrogen-bond donors (Lipinski definition) is 9. The highest BCUT2D eigenvalue weighted by atomic mass is 16.7. The van der Waals surface area contributed by atoms with Crippen LogP contribution in [0.3, 0.4) is 0 Å². The van der Waals surface area contributed by atoms with Gasteiger partial charge in [-0.25, -0.2) is 0 Å². The molecule has 9 N–H and O–H groups in total. The standard InChI is InChI=1S/C51H95NO13/c1-3-5-7-9-11-13-15-17-19-20-21-22-24-26-28-30-32-34-40(55)39(52-43(56)35-33-31-29-27-25-23-18-16-14-12-10-8-6-4-2)38-62-50-48(61)46(59)49(42(37-54)64-50)65-51-47(60)45(58)44(57)41(36-53)63-51/h16,18,32,34,39-42,44-51,53-55,57-61H,3-15,17,19-31,33,35-38H2,1-2H3,(H,52,56)/b18-16-,34-32+. The summed E-state index contributed by atoms with van der Waals surface area (Å²) in [5.41, 5.74) is 0. The zero-order valence-electron chi connectivity index (χ0n) is 40.5. The number of aliphatic hydroxyl groups is 8. The minimum Gasteiger partial charge on any atom is -0.394 e. The summed E-state index contributed by atoms with van der Waals surface area (Å²) in [4.78, 5) is 13.2. The van der Waals surface area contributed by atoms with Crippen molar-refractivity contribution in [2.45, 2.75) is 274 Å². The lowest BCUT2D eigenvalue weighted by molar-refractivity contribution is -0.359. The van der Waals surface area contributed by atoms with Crippen LogP contribution in [0.1, 0.15) is 200 Å². The first-order valence-electron chi connectivity index (χ1n) is 26.1. The molecule has 2 aliphatic rings. The second-order valence-corrected chi connectivity index (χ2v) is 18.6. The molecule has 12 unspecified atom stereocenters. The predicted molar refractivity (Wildman–Crippen MR) is 254 cm³/mol. The Bertz CT molecular complexity index is 1190. The normalized spacial score (nSPS) is 27.2. The van der Waals surface area contributed by atoms with E-state index < -0.39 is 86.8 Å². The van der Waals surface area contributed by atoms with Crippen molar-refractivity contribution in [2.24, 2.45) is 0 Å². The molecule has 1 amide bonds. The van der Waals surface area contributed by atoms with Gasteiger partial charge in [-0.3, -0.25) is 4.79 Å². The maximum absolute atomic E-state index is 13.2. The number of allylic oxidation sites excluding steroid dienone is 3. The quantitative estimate of drug-likeness (QED) is 0.0225. The molecule has 0 saturated carbocycles. The fourth-order valence-electron chi connectivity index (χ4n) is 8.58. The minimum absolute atomic E-state index is 0.248. The van der Waals surface area contributed by atoms with E-state index in [1.165, 1.54) is 116 Å². The Morgan fingerprint density at radius 1 is 0.538 bits per heavy atom. The van der Waals surface area contributed by atoms with E-state index in [9.17, 15) is 45.6 Å². The van der Waals surface area contributed by atoms with Crippen LogP contribution < -0.4 is 5.32 Å². The summed E-state index contributed by atoms with van der Waals surface area (Å²) >= 11 is 0. The van der Waals surface area contributed by atoms with Gasteiger partial charge in [-0.1, -0.05) is 173 Å². The largest absolute Gasteiger partial charge is 0.394 e. The summed E-state index contributed by atoms with van der Waals surface area (Å²) in [5, 5.41) is 86.7. The van der Waals surface area contributed by atoms with Gasteiger partial charge in [0, 0.05) is 6.42 Å². The lowest BCUT2D eigenvalue weighted by atomic mass is 9.97. The van der Waals surface area contributed by atoms with E-state index in [-0.39, 0.29) is 18.9 Å². The van der Waals surface area contributed by atoms with Gasteiger partial charge in [0.15, 0.2) is 12.6 Å². The summed E-state index contributed by atoms with van der Waals surface area (Å²) < 4.78 is 22.7. The van der Waals surface area contributed by atoms with Gasteiger partial charge in [-0.2, -0.15) is 0 Å². The van der Waals surface area contributed by atoms with E-state index in [4.69, 9.17) is 18.9 Å². The Hall–Kier alpha value is -1.53. The Kier molecular flexibility index (Phi) is 35.1. The van der Waals surface area contributed by atoms with Crippen LogP contribution in [0.2, 0.25) is 0 Å². The summed E-state index contributed by atoms with van der Waals surface area (Å²) in [5.74, 6) is -0.248. The summed E-state index contributed by atoms with van der Waals surface area (Å²) in [6, 6.07) is -0.915. The van der Waals surface area contributed by atoms with Crippen LogP contribution in [0.5, 0.6) is 0 Å². The second-order valence-electron chi connectivity index (χ2n) is 18.6. The van der Waals surface area contributed by atoms with Gasteiger partial charge in [-0.05, 0) is 44.9 Å². The molecular weight excluding hydrogens is 835 g/mol. The second kappa shape index (κ2) is 38.3. The van der Waals surface area contributed by atoms with Crippen molar-refractivity contribution < 1.29 is 64.6 Å². The lowest BCUT2D eigenvalue weighted by Crippen LogP contribution is -2.65. The van der Waals surface area contributed by atoms with E-state index in [1.807, 2.05) is 6.08 Å². The Morgan fingerprint density at radius 3 is 1.46 bits per heavy atom. The van der Waals surface area contributed by atoms with Crippen molar-refractivity contribution in [3.05, 3.63) is 24.3 Å². The Balaban J connectivity index is 1.85. The first-order chi connectivity index (χ1) is 31.6. The van der Waals surface area contributed by atoms with Gasteiger partial charge in [0.1, 0.15) is 48.8 Å². The number of aliphatic hydroxyl groups excluding tert-OH is 8. The van der Waals surface area contributed by atoms with Crippen LogP contribution in [-0.4, -0.2) is 140 Å². The topological polar surface area (TPSA) is 228 Å². The average Bonchev–Trinajstić information content (AvgIpc) is 3.30. The van der Waals surface area contributed by atoms with Gasteiger partial charge < -0.3 is 65.1 Å². The van der Waals surface area contributed by atoms with E-state index >= 15 is 0 Å². The maximum Gasteiger partial charge on any atom is 0.220 e. The molecule has 14 heteroatoms. The average molecular weight is 930 g/mol. The molecule has 2 saturated heterocycles. The van der Waals surface area contributed by atoms with Gasteiger partial charge in [-0.15, -0.1) is 0 Å². The van der Waals surface area contributed by atoms with Crippen molar-refractivity contribution in [1.29, 1.82) is 0 Å². The van der Waals surface area contributed by atoms with Gasteiger partial charge >= 0.3 is 0 Å². The molecule has 0 aliphatic carbocycles. The third-order valence-corrected chi connectivity index (χ3v) is 12.9. The van der Waals surface area contributed by atoms with Crippen molar-refractivity contribution in [2.75, 3.05) is 19.8 Å². The summed E-state index contributed by atoms with van der Waals surface area (Å²) in [7, 11) is 0. The summed E-state index contributed by atoms with van der Waals surface area (Å²) in [6.07, 6.45) is 25.0. The van der Waals surface area contributed by atoms with Crippen molar-refractivity contribution >= 4 is 5.91 Å². The SMILES string of the molecule is CCCCCCC/C=C\CCCCCCCC(=O)NC(COC1OC(CO)C(OC2OC(CO)C(O)C(O)C2O)C(O)C1O)C(O)/C=C/CCCCCCCCCCCCCCCCC. The third-order valence-electron chi connectivity index (χ3n) is 12.9. The zero-order valence-corrected chi connectivity index (χ0v) is 40.5. The monoisotopic (exact) mass is 930 g/mol. The highest BCUT2D eigenvalue weighted by Gasteiger charge is 2.51. The fraction of sp³-hybridized carbons (Fsp3) is 0.902. The van der Waals surface area contributed by atoms with Crippen LogP contribution in [-0.2, 0) is 23.7 Å². The molecule has 0 spiro atoms. The lowest BCUT2D eigenvalue weighted by Gasteiger charge is -2.46. The first kappa shape index (κ1) is 59.6. The van der Waals surface area contributed by atoms with Gasteiger partial charge in [0.2, 0.25) is 5.91 Å². The Morgan fingerprint density at radius 2 is 0.969 bits per heavy atom. The molecule has 0 bridgehead atoms. The number of carbonyl (C=O) groups excluding carboxylic acids is 1. The zero-order chi connectivity index (χ0) is 47.5. The van der Waals surface area contributed by atoms with Gasteiger partial charge in [0.05, 0.1) is 32.0 Å². The smallest absolute Gasteiger partial charge is 0.220 e. The molecule has 2 heterocycles. The number of hydrogen-bond acceptors (Lipinski definition) is 13. The molecule has 0 radical (unpaired) electrons. The predicted octanol–water partition coefficient (Wildman–Crippen LogP) is 6.94. The number of rotatable bonds is 40. The molecule has 382 valence electrons. The molecule has 0 aromatic carbocycles. The van der Waals surface area contributed by atoms with Crippen LogP contribution >= 0.6 is 0 Å². The number of ether oxygens (including phenoxy) is 4. The number of nitrogens with one attached hydrogen (secondary N) is 1. The number of carbonyl (C=O) groups is 1. The Labute approximate surface area is 392 Å². The number of unbranched alkanes of at least 4 members (excludes halogenated alkanes) is 25. The third kappa shape index (κ3) is 25.6. The highest BCUT2D eigenvalue weighted by Crippen LogP contribution is 2.30. The molecule has 2 fully saturated rings. The molecule has 14 nitrogen and oxygen atoms in total. The molecule has 2 aliphatic heterocycles. The molecule has 0 aromatic rings. The molecule has 2 rings (SSSR count). The van der Waals surface area contributed by atoms with Crippen LogP contribution in [0, 0.1) is 0 Å². The van der Waals surface area contributed by atoms with Crippen LogP contribution in [0.25, 0.3) is 0 Å². The number of amides is 1. The highest BCUT2D eigenvalue weighted by molar-refractivity contribution is 5.76. The van der Waals surface area contributed by atoms with Gasteiger partial charge in [0.25, 0.3) is 0 Å². The summed E-state index contributed by atoms with van der Waals surface area (Å²) in [6.45, 7) is 2.77. The van der Waals surface area contributed by atoms with E-state index in [1.54, 1.807) is 6.08 Å². The fourth-order valence-corrected chi connectivity index (χ4v) is 8.58. The molecule has 0 aromatic heterocycles. The van der Waals surface area contributed by atoms with Crippen molar-refractivity contribution in [3.63, 3.8) is 0 Å². The molecule has 65 heavy (non-hydrogen) atoms. The van der Waals surface area contributed by atoms with Crippen molar-refractivity contribution in [3.8, 4) is 0 Å². The van der Waals surface area contributed by atoms with E-state index in [0.717, 1.165) is 57.8 Å². The molecule has 12 atom stereocenters.